The fraction of sp³-hybridized carbons (Fsp3) is 0.276. The lowest BCUT2D eigenvalue weighted by Crippen LogP contribution is -2.27. The van der Waals surface area contributed by atoms with Crippen LogP contribution in [0.5, 0.6) is 5.75 Å². The Kier molecular flexibility index (Phi) is 6.83. The molecule has 2 aromatic carbocycles. The average Bonchev–Trinajstić information content (AvgIpc) is 3.67. The smallest absolute Gasteiger partial charge is 0.274 e. The first-order chi connectivity index (χ1) is 19.8. The number of halogens is 1. The number of fused-ring (bicyclic) bond motifs is 1. The first kappa shape index (κ1) is 26.4. The molecule has 6 rings (SSSR count). The number of nitrogens with zero attached hydrogens (tertiary/aromatic N) is 7. The van der Waals surface area contributed by atoms with Crippen molar-refractivity contribution in [2.75, 3.05) is 30.4 Å². The molecule has 1 fully saturated rings. The molecule has 12 heteroatoms. The van der Waals surface area contributed by atoms with Gasteiger partial charge in [-0.25, -0.2) is 19.3 Å². The minimum atomic E-state index is -0.544. The van der Waals surface area contributed by atoms with Crippen LogP contribution in [0.3, 0.4) is 0 Å². The van der Waals surface area contributed by atoms with Crippen LogP contribution in [0.25, 0.3) is 22.4 Å². The van der Waals surface area contributed by atoms with Gasteiger partial charge in [-0.15, -0.1) is 0 Å². The number of hydrogen-bond donors (Lipinski definition) is 2. The number of aryl methyl sites for hydroxylation is 2. The monoisotopic (exact) mass is 555 g/mol. The molecule has 5 aromatic rings. The van der Waals surface area contributed by atoms with Crippen molar-refractivity contribution in [1.82, 2.24) is 29.3 Å². The summed E-state index contributed by atoms with van der Waals surface area (Å²) in [6, 6.07) is 9.79. The van der Waals surface area contributed by atoms with Crippen LogP contribution in [-0.2, 0) is 13.6 Å². The van der Waals surface area contributed by atoms with Crippen molar-refractivity contribution in [3.8, 4) is 17.1 Å². The maximum Gasteiger partial charge on any atom is 0.274 e. The maximum absolute atomic E-state index is 14.7. The molecule has 210 valence electrons. The fourth-order valence-electron chi connectivity index (χ4n) is 5.32. The van der Waals surface area contributed by atoms with Crippen molar-refractivity contribution in [3.63, 3.8) is 0 Å². The molecule has 0 aliphatic carbocycles. The minimum absolute atomic E-state index is 0.0209. The number of methoxy groups -OCH3 is 1. The van der Waals surface area contributed by atoms with Crippen molar-refractivity contribution in [2.24, 2.45) is 12.8 Å². The Morgan fingerprint density at radius 3 is 2.80 bits per heavy atom. The van der Waals surface area contributed by atoms with Crippen molar-refractivity contribution in [1.29, 1.82) is 0 Å². The van der Waals surface area contributed by atoms with Crippen LogP contribution in [0.2, 0.25) is 0 Å². The van der Waals surface area contributed by atoms with Crippen LogP contribution < -0.4 is 20.7 Å². The van der Waals surface area contributed by atoms with Gasteiger partial charge in [0.2, 0.25) is 0 Å². The summed E-state index contributed by atoms with van der Waals surface area (Å²) in [5.74, 6) is 0.171. The van der Waals surface area contributed by atoms with E-state index in [2.05, 4.69) is 29.9 Å². The first-order valence-corrected chi connectivity index (χ1v) is 13.3. The first-order valence-electron chi connectivity index (χ1n) is 13.3. The third-order valence-electron chi connectivity index (χ3n) is 7.28. The molecule has 3 N–H and O–H groups in total. The molecule has 4 heterocycles. The van der Waals surface area contributed by atoms with Gasteiger partial charge in [0.25, 0.3) is 5.91 Å². The Labute approximate surface area is 235 Å². The van der Waals surface area contributed by atoms with Gasteiger partial charge in [0, 0.05) is 44.1 Å². The molecule has 0 bridgehead atoms. The number of carbonyl (C=O) groups is 1. The second kappa shape index (κ2) is 10.6. The fourth-order valence-corrected chi connectivity index (χ4v) is 5.32. The van der Waals surface area contributed by atoms with Crippen LogP contribution in [0, 0.1) is 12.7 Å². The van der Waals surface area contributed by atoms with E-state index in [-0.39, 0.29) is 28.9 Å². The van der Waals surface area contributed by atoms with E-state index in [9.17, 15) is 9.18 Å². The summed E-state index contributed by atoms with van der Waals surface area (Å²) in [4.78, 5) is 29.2. The molecular weight excluding hydrogens is 525 g/mol. The molecule has 1 amide bonds. The molecule has 41 heavy (non-hydrogen) atoms. The third kappa shape index (κ3) is 4.97. The molecule has 1 atom stereocenters. The lowest BCUT2D eigenvalue weighted by molar-refractivity contribution is 0.102. The molecule has 0 spiro atoms. The van der Waals surface area contributed by atoms with E-state index in [1.807, 2.05) is 38.5 Å². The van der Waals surface area contributed by atoms with Gasteiger partial charge in [0.05, 0.1) is 42.3 Å². The molecule has 0 radical (unpaired) electrons. The highest BCUT2D eigenvalue weighted by molar-refractivity contribution is 6.08. The van der Waals surface area contributed by atoms with Crippen LogP contribution in [0.1, 0.15) is 28.3 Å². The Bertz CT molecular complexity index is 1760. The van der Waals surface area contributed by atoms with Crippen molar-refractivity contribution < 1.29 is 13.9 Å². The number of aromatic nitrogens is 6. The number of carbonyl (C=O) groups excluding carboxylic acids is 1. The van der Waals surface area contributed by atoms with Gasteiger partial charge >= 0.3 is 0 Å². The van der Waals surface area contributed by atoms with Crippen molar-refractivity contribution in [3.05, 3.63) is 77.9 Å². The van der Waals surface area contributed by atoms with Gasteiger partial charge in [0.1, 0.15) is 28.6 Å². The summed E-state index contributed by atoms with van der Waals surface area (Å²) in [5.41, 5.74) is 10.6. The van der Waals surface area contributed by atoms with Crippen LogP contribution in [0.15, 0.2) is 55.0 Å². The van der Waals surface area contributed by atoms with E-state index in [0.717, 1.165) is 41.1 Å². The van der Waals surface area contributed by atoms with E-state index in [1.54, 1.807) is 10.7 Å². The summed E-state index contributed by atoms with van der Waals surface area (Å²) in [5, 5.41) is 7.30. The van der Waals surface area contributed by atoms with E-state index in [1.165, 1.54) is 31.5 Å². The summed E-state index contributed by atoms with van der Waals surface area (Å²) < 4.78 is 23.9. The van der Waals surface area contributed by atoms with Crippen LogP contribution >= 0.6 is 0 Å². The minimum Gasteiger partial charge on any atom is -0.496 e. The molecule has 0 unspecified atom stereocenters. The van der Waals surface area contributed by atoms with Gasteiger partial charge in [-0.2, -0.15) is 5.10 Å². The predicted molar refractivity (Wildman–Crippen MR) is 154 cm³/mol. The van der Waals surface area contributed by atoms with Gasteiger partial charge in [-0.3, -0.25) is 9.48 Å². The molecule has 1 saturated heterocycles. The van der Waals surface area contributed by atoms with E-state index < -0.39 is 11.7 Å². The highest BCUT2D eigenvalue weighted by atomic mass is 19.1. The number of nitrogens with two attached hydrogens (primary N) is 1. The SMILES string of the molecule is COc1cccc(F)c1-c1nccc(C(=O)Nc2ccc3c(nc(C)n3Cc3cnn(C)c3)c2N2CC[C@H](N)C2)n1. The molecule has 0 saturated carbocycles. The number of anilines is 2. The number of hydrogen-bond acceptors (Lipinski definition) is 8. The zero-order valence-electron chi connectivity index (χ0n) is 23.0. The van der Waals surface area contributed by atoms with Crippen LogP contribution in [-0.4, -0.2) is 61.4 Å². The van der Waals surface area contributed by atoms with Gasteiger partial charge < -0.3 is 25.3 Å². The summed E-state index contributed by atoms with van der Waals surface area (Å²) in [6.07, 6.45) is 6.08. The standard InChI is InChI=1S/C29H30FN9O2/c1-17-34-26-23(39(17)15-18-13-33-37(2)14-18)8-7-21(27(26)38-12-10-19(31)16-38)36-29(40)22-9-11-32-28(35-22)25-20(30)5-4-6-24(25)41-3/h4-9,11,13-14,19H,10,12,15-16,31H2,1-3H3,(H,36,40)/t19-/m0/s1. The summed E-state index contributed by atoms with van der Waals surface area (Å²) in [7, 11) is 3.33. The van der Waals surface area contributed by atoms with E-state index in [4.69, 9.17) is 15.5 Å². The average molecular weight is 556 g/mol. The number of benzene rings is 2. The van der Waals surface area contributed by atoms with E-state index >= 15 is 0 Å². The van der Waals surface area contributed by atoms with Gasteiger partial charge in [-0.05, 0) is 43.7 Å². The summed E-state index contributed by atoms with van der Waals surface area (Å²) >= 11 is 0. The van der Waals surface area contributed by atoms with Gasteiger partial charge in [0.15, 0.2) is 5.82 Å². The Morgan fingerprint density at radius 2 is 2.07 bits per heavy atom. The Hall–Kier alpha value is -4.84. The number of ether oxygens (including phenoxy) is 1. The highest BCUT2D eigenvalue weighted by Crippen LogP contribution is 2.37. The number of amides is 1. The van der Waals surface area contributed by atoms with Crippen molar-refractivity contribution in [2.45, 2.75) is 25.9 Å². The number of nitrogens with one attached hydrogen (secondary N) is 1. The predicted octanol–water partition coefficient (Wildman–Crippen LogP) is 3.52. The quantitative estimate of drug-likeness (QED) is 0.312. The molecule has 1 aliphatic rings. The molecule has 11 nitrogen and oxygen atoms in total. The zero-order valence-corrected chi connectivity index (χ0v) is 23.0. The lowest BCUT2D eigenvalue weighted by atomic mass is 10.1. The van der Waals surface area contributed by atoms with E-state index in [0.29, 0.717) is 18.8 Å². The molecular formula is C29H30FN9O2. The highest BCUT2D eigenvalue weighted by Gasteiger charge is 2.27. The summed E-state index contributed by atoms with van der Waals surface area (Å²) in [6.45, 7) is 3.96. The second-order valence-electron chi connectivity index (χ2n) is 10.1. The molecule has 3 aromatic heterocycles. The Morgan fingerprint density at radius 1 is 1.22 bits per heavy atom. The maximum atomic E-state index is 14.7. The largest absolute Gasteiger partial charge is 0.496 e. The topological polar surface area (TPSA) is 129 Å². The van der Waals surface area contributed by atoms with Crippen molar-refractivity contribution >= 4 is 28.3 Å². The molecule has 1 aliphatic heterocycles. The third-order valence-corrected chi connectivity index (χ3v) is 7.28. The number of imidazole rings is 1. The zero-order chi connectivity index (χ0) is 28.7. The number of rotatable bonds is 7. The Balaban J connectivity index is 1.38. The van der Waals surface area contributed by atoms with Crippen LogP contribution in [0.4, 0.5) is 15.8 Å². The normalized spacial score (nSPS) is 15.0. The lowest BCUT2D eigenvalue weighted by Gasteiger charge is -2.22. The second-order valence-corrected chi connectivity index (χ2v) is 10.1. The van der Waals surface area contributed by atoms with Gasteiger partial charge in [-0.1, -0.05) is 6.07 Å².